The van der Waals surface area contributed by atoms with Gasteiger partial charge in [0, 0.05) is 38.9 Å². The van der Waals surface area contributed by atoms with Crippen LogP contribution in [-0.2, 0) is 0 Å². The zero-order valence-electron chi connectivity index (χ0n) is 9.43. The predicted molar refractivity (Wildman–Crippen MR) is 67.7 cm³/mol. The number of H-pyrrole nitrogens is 1. The van der Waals surface area contributed by atoms with Gasteiger partial charge in [-0.2, -0.15) is 5.10 Å². The van der Waals surface area contributed by atoms with Gasteiger partial charge >= 0.3 is 0 Å². The van der Waals surface area contributed by atoms with E-state index in [2.05, 4.69) is 15.1 Å². The summed E-state index contributed by atoms with van der Waals surface area (Å²) in [6.45, 7) is 3.62. The van der Waals surface area contributed by atoms with Crippen molar-refractivity contribution in [1.29, 1.82) is 0 Å². The molecule has 92 valence electrons. The first kappa shape index (κ1) is 12.0. The van der Waals surface area contributed by atoms with Crippen LogP contribution in [0.25, 0.3) is 0 Å². The minimum atomic E-state index is -0.00234. The van der Waals surface area contributed by atoms with Crippen molar-refractivity contribution >= 4 is 23.1 Å². The van der Waals surface area contributed by atoms with Gasteiger partial charge in [0.1, 0.15) is 5.69 Å². The number of piperazine rings is 1. The average Bonchev–Trinajstić information content (AvgIpc) is 2.82. The SMILES string of the molecule is NC(=S)CN1CCN(C(=O)c2ccn[nH]2)CC1. The lowest BCUT2D eigenvalue weighted by Crippen LogP contribution is -2.50. The summed E-state index contributed by atoms with van der Waals surface area (Å²) in [5.74, 6) is -0.00234. The number of amides is 1. The third-order valence-corrected chi connectivity index (χ3v) is 2.90. The normalized spacial score (nSPS) is 17.1. The van der Waals surface area contributed by atoms with Gasteiger partial charge in [0.05, 0.1) is 4.99 Å². The minimum Gasteiger partial charge on any atom is -0.392 e. The molecule has 1 amide bonds. The first-order valence-electron chi connectivity index (χ1n) is 5.46. The molecule has 3 N–H and O–H groups in total. The maximum atomic E-state index is 12.0. The standard InChI is InChI=1S/C10H15N5OS/c11-9(17)7-14-3-5-15(6-4-14)10(16)8-1-2-12-13-8/h1-2H,3-7H2,(H2,11,17)(H,12,13). The number of carbonyl (C=O) groups is 1. The van der Waals surface area contributed by atoms with Gasteiger partial charge < -0.3 is 10.6 Å². The minimum absolute atomic E-state index is 0.00234. The van der Waals surface area contributed by atoms with Crippen molar-refractivity contribution in [3.8, 4) is 0 Å². The third kappa shape index (κ3) is 3.01. The first-order chi connectivity index (χ1) is 8.16. The molecule has 1 aromatic rings. The molecule has 1 aromatic heterocycles. The van der Waals surface area contributed by atoms with Gasteiger partial charge in [-0.1, -0.05) is 12.2 Å². The third-order valence-electron chi connectivity index (χ3n) is 2.77. The van der Waals surface area contributed by atoms with E-state index in [1.807, 2.05) is 4.90 Å². The van der Waals surface area contributed by atoms with E-state index in [0.29, 0.717) is 30.3 Å². The molecule has 2 rings (SSSR count). The van der Waals surface area contributed by atoms with Crippen molar-refractivity contribution in [3.05, 3.63) is 18.0 Å². The van der Waals surface area contributed by atoms with Gasteiger partial charge in [-0.3, -0.25) is 14.8 Å². The molecule has 0 radical (unpaired) electrons. The van der Waals surface area contributed by atoms with Crippen LogP contribution >= 0.6 is 12.2 Å². The summed E-state index contributed by atoms with van der Waals surface area (Å²) in [4.78, 5) is 16.4. The van der Waals surface area contributed by atoms with E-state index >= 15 is 0 Å². The summed E-state index contributed by atoms with van der Waals surface area (Å²) in [5.41, 5.74) is 6.03. The maximum Gasteiger partial charge on any atom is 0.271 e. The highest BCUT2D eigenvalue weighted by atomic mass is 32.1. The Balaban J connectivity index is 1.87. The number of aromatic nitrogens is 2. The zero-order valence-corrected chi connectivity index (χ0v) is 10.2. The molecule has 6 nitrogen and oxygen atoms in total. The molecule has 17 heavy (non-hydrogen) atoms. The number of hydrogen-bond acceptors (Lipinski definition) is 4. The lowest BCUT2D eigenvalue weighted by Gasteiger charge is -2.34. The van der Waals surface area contributed by atoms with Gasteiger partial charge in [0.15, 0.2) is 0 Å². The molecular weight excluding hydrogens is 238 g/mol. The Morgan fingerprint density at radius 3 is 2.71 bits per heavy atom. The molecule has 0 bridgehead atoms. The lowest BCUT2D eigenvalue weighted by molar-refractivity contribution is 0.0648. The Hall–Kier alpha value is -1.47. The van der Waals surface area contributed by atoms with E-state index in [0.717, 1.165) is 13.1 Å². The van der Waals surface area contributed by atoms with Crippen LogP contribution in [0.15, 0.2) is 12.3 Å². The quantitative estimate of drug-likeness (QED) is 0.707. The van der Waals surface area contributed by atoms with Crippen LogP contribution in [0.4, 0.5) is 0 Å². The van der Waals surface area contributed by atoms with Gasteiger partial charge in [-0.25, -0.2) is 0 Å². The lowest BCUT2D eigenvalue weighted by atomic mass is 10.3. The number of hydrogen-bond donors (Lipinski definition) is 2. The van der Waals surface area contributed by atoms with Crippen LogP contribution in [0.2, 0.25) is 0 Å². The van der Waals surface area contributed by atoms with E-state index in [4.69, 9.17) is 18.0 Å². The molecular formula is C10H15N5OS. The molecule has 0 atom stereocenters. The highest BCUT2D eigenvalue weighted by Crippen LogP contribution is 2.06. The number of rotatable bonds is 3. The van der Waals surface area contributed by atoms with E-state index in [1.165, 1.54) is 0 Å². The van der Waals surface area contributed by atoms with E-state index in [1.54, 1.807) is 12.3 Å². The van der Waals surface area contributed by atoms with Crippen LogP contribution in [0, 0.1) is 0 Å². The van der Waals surface area contributed by atoms with Crippen molar-refractivity contribution < 1.29 is 4.79 Å². The molecule has 0 unspecified atom stereocenters. The Bertz CT molecular complexity index is 397. The largest absolute Gasteiger partial charge is 0.392 e. The smallest absolute Gasteiger partial charge is 0.271 e. The van der Waals surface area contributed by atoms with Crippen LogP contribution in [-0.4, -0.2) is 63.6 Å². The van der Waals surface area contributed by atoms with Crippen LogP contribution in [0.5, 0.6) is 0 Å². The summed E-state index contributed by atoms with van der Waals surface area (Å²) >= 11 is 4.86. The van der Waals surface area contributed by atoms with Crippen LogP contribution < -0.4 is 5.73 Å². The van der Waals surface area contributed by atoms with Crippen molar-refractivity contribution in [2.75, 3.05) is 32.7 Å². The molecule has 2 heterocycles. The molecule has 0 saturated carbocycles. The van der Waals surface area contributed by atoms with Gasteiger partial charge in [-0.05, 0) is 6.07 Å². The summed E-state index contributed by atoms with van der Waals surface area (Å²) in [6.07, 6.45) is 1.58. The van der Waals surface area contributed by atoms with Crippen LogP contribution in [0.3, 0.4) is 0 Å². The van der Waals surface area contributed by atoms with Crippen molar-refractivity contribution in [2.45, 2.75) is 0 Å². The second-order valence-electron chi connectivity index (χ2n) is 4.00. The number of thiocarbonyl (C=S) groups is 1. The predicted octanol–water partition coefficient (Wildman–Crippen LogP) is -0.546. The van der Waals surface area contributed by atoms with Gasteiger partial charge in [-0.15, -0.1) is 0 Å². The average molecular weight is 253 g/mol. The van der Waals surface area contributed by atoms with Gasteiger partial charge in [0.2, 0.25) is 0 Å². The monoisotopic (exact) mass is 253 g/mol. The molecule has 1 aliphatic rings. The molecule has 0 spiro atoms. The van der Waals surface area contributed by atoms with E-state index in [-0.39, 0.29) is 5.91 Å². The highest BCUT2D eigenvalue weighted by Gasteiger charge is 2.22. The Morgan fingerprint density at radius 2 is 2.18 bits per heavy atom. The number of aromatic amines is 1. The maximum absolute atomic E-state index is 12.0. The summed E-state index contributed by atoms with van der Waals surface area (Å²) in [5, 5.41) is 6.46. The van der Waals surface area contributed by atoms with Crippen molar-refractivity contribution in [1.82, 2.24) is 20.0 Å². The van der Waals surface area contributed by atoms with E-state index in [9.17, 15) is 4.79 Å². The molecule has 0 aliphatic carbocycles. The molecule has 0 aromatic carbocycles. The number of nitrogens with zero attached hydrogens (tertiary/aromatic N) is 3. The van der Waals surface area contributed by atoms with Crippen LogP contribution in [0.1, 0.15) is 10.5 Å². The Labute approximate surface area is 105 Å². The molecule has 7 heteroatoms. The summed E-state index contributed by atoms with van der Waals surface area (Å²) in [7, 11) is 0. The number of carbonyl (C=O) groups excluding carboxylic acids is 1. The fourth-order valence-corrected chi connectivity index (χ4v) is 2.06. The number of nitrogens with one attached hydrogen (secondary N) is 1. The fraction of sp³-hybridized carbons (Fsp3) is 0.500. The molecule has 1 aliphatic heterocycles. The second kappa shape index (κ2) is 5.24. The summed E-state index contributed by atoms with van der Waals surface area (Å²) in [6, 6.07) is 1.68. The van der Waals surface area contributed by atoms with Crippen molar-refractivity contribution in [3.63, 3.8) is 0 Å². The highest BCUT2D eigenvalue weighted by molar-refractivity contribution is 7.80. The fourth-order valence-electron chi connectivity index (χ4n) is 1.87. The topological polar surface area (TPSA) is 78.2 Å². The summed E-state index contributed by atoms with van der Waals surface area (Å²) < 4.78 is 0. The zero-order chi connectivity index (χ0) is 12.3. The Morgan fingerprint density at radius 1 is 1.47 bits per heavy atom. The number of nitrogens with two attached hydrogens (primary N) is 1. The molecule has 1 fully saturated rings. The Kier molecular flexibility index (Phi) is 3.70. The molecule has 1 saturated heterocycles. The second-order valence-corrected chi connectivity index (χ2v) is 4.53. The van der Waals surface area contributed by atoms with Gasteiger partial charge in [0.25, 0.3) is 5.91 Å². The van der Waals surface area contributed by atoms with E-state index < -0.39 is 0 Å². The first-order valence-corrected chi connectivity index (χ1v) is 5.87. The van der Waals surface area contributed by atoms with Crippen molar-refractivity contribution in [2.24, 2.45) is 5.73 Å².